The zero-order chi connectivity index (χ0) is 14.8. The third kappa shape index (κ3) is 2.88. The Labute approximate surface area is 123 Å². The lowest BCUT2D eigenvalue weighted by atomic mass is 9.84. The fourth-order valence-corrected chi connectivity index (χ4v) is 3.77. The predicted octanol–water partition coefficient (Wildman–Crippen LogP) is 2.35. The van der Waals surface area contributed by atoms with Gasteiger partial charge in [-0.1, -0.05) is 6.07 Å². The number of carbonyl (C=O) groups is 1. The average Bonchev–Trinajstić information content (AvgIpc) is 3.06. The summed E-state index contributed by atoms with van der Waals surface area (Å²) in [6.45, 7) is -0.509. The molecule has 3 N–H and O–H groups in total. The van der Waals surface area contributed by atoms with Crippen LogP contribution in [0.2, 0.25) is 0 Å². The lowest BCUT2D eigenvalue weighted by Gasteiger charge is -2.27. The highest BCUT2D eigenvalue weighted by atomic mass is 19.1. The van der Waals surface area contributed by atoms with Gasteiger partial charge in [0.05, 0.1) is 5.92 Å². The molecule has 4 nitrogen and oxygen atoms in total. The van der Waals surface area contributed by atoms with Crippen LogP contribution in [0.4, 0.5) is 10.1 Å². The van der Waals surface area contributed by atoms with E-state index in [2.05, 4.69) is 5.32 Å². The molecule has 4 unspecified atom stereocenters. The van der Waals surface area contributed by atoms with Crippen LogP contribution in [0, 0.1) is 17.8 Å². The zero-order valence-electron chi connectivity index (χ0n) is 11.9. The Hall–Kier alpha value is -1.62. The third-order valence-corrected chi connectivity index (χ3v) is 4.73. The van der Waals surface area contributed by atoms with Crippen LogP contribution in [0.15, 0.2) is 24.3 Å². The molecule has 2 bridgehead atoms. The Morgan fingerprint density at radius 1 is 1.38 bits per heavy atom. The average molecular weight is 292 g/mol. The number of alkyl halides is 1. The fraction of sp³-hybridized carbons (Fsp3) is 0.562. The predicted molar refractivity (Wildman–Crippen MR) is 78.8 cm³/mol. The summed E-state index contributed by atoms with van der Waals surface area (Å²) in [4.78, 5) is 12.4. The minimum Gasteiger partial charge on any atom is -0.491 e. The van der Waals surface area contributed by atoms with E-state index in [1.165, 1.54) is 0 Å². The summed E-state index contributed by atoms with van der Waals surface area (Å²) >= 11 is 0. The summed E-state index contributed by atoms with van der Waals surface area (Å²) < 4.78 is 17.3. The molecule has 2 aliphatic carbocycles. The normalized spacial score (nSPS) is 30.4. The minimum atomic E-state index is -0.531. The highest BCUT2D eigenvalue weighted by Crippen LogP contribution is 2.47. The van der Waals surface area contributed by atoms with Crippen LogP contribution in [-0.2, 0) is 4.79 Å². The number of carbonyl (C=O) groups excluding carboxylic acids is 1. The van der Waals surface area contributed by atoms with E-state index >= 15 is 0 Å². The first kappa shape index (κ1) is 14.3. The number of halogens is 1. The summed E-state index contributed by atoms with van der Waals surface area (Å²) in [6, 6.07) is 7.03. The molecule has 1 amide bonds. The molecule has 2 aliphatic rings. The first-order valence-corrected chi connectivity index (χ1v) is 7.54. The number of hydrogen-bond acceptors (Lipinski definition) is 3. The van der Waals surface area contributed by atoms with E-state index in [-0.39, 0.29) is 24.5 Å². The molecule has 2 fully saturated rings. The lowest BCUT2D eigenvalue weighted by molar-refractivity contribution is -0.121. The van der Waals surface area contributed by atoms with Crippen molar-refractivity contribution in [1.82, 2.24) is 0 Å². The Morgan fingerprint density at radius 3 is 2.90 bits per heavy atom. The van der Waals surface area contributed by atoms with E-state index in [4.69, 9.17) is 10.5 Å². The molecule has 0 heterocycles. The highest BCUT2D eigenvalue weighted by Gasteiger charge is 2.49. The second-order valence-corrected chi connectivity index (χ2v) is 5.99. The van der Waals surface area contributed by atoms with Gasteiger partial charge in [0.1, 0.15) is 19.0 Å². The van der Waals surface area contributed by atoms with Crippen molar-refractivity contribution in [2.75, 3.05) is 18.6 Å². The largest absolute Gasteiger partial charge is 0.491 e. The maximum Gasteiger partial charge on any atom is 0.229 e. The Bertz CT molecular complexity index is 521. The van der Waals surface area contributed by atoms with Crippen molar-refractivity contribution in [3.63, 3.8) is 0 Å². The number of hydrogen-bond donors (Lipinski definition) is 2. The number of fused-ring (bicyclic) bond motifs is 2. The van der Waals surface area contributed by atoms with E-state index < -0.39 is 6.67 Å². The highest BCUT2D eigenvalue weighted by molar-refractivity contribution is 5.93. The summed E-state index contributed by atoms with van der Waals surface area (Å²) in [5.74, 6) is 1.40. The molecule has 0 radical (unpaired) electrons. The fourth-order valence-electron chi connectivity index (χ4n) is 3.77. The topological polar surface area (TPSA) is 64.4 Å². The number of benzene rings is 1. The van der Waals surface area contributed by atoms with Crippen molar-refractivity contribution in [3.8, 4) is 5.75 Å². The SMILES string of the molecule is NC1C2CCC(C2)C1C(=O)Nc1cccc(OCCF)c1. The number of anilines is 1. The molecule has 0 saturated heterocycles. The number of rotatable bonds is 5. The third-order valence-electron chi connectivity index (χ3n) is 4.73. The number of nitrogens with one attached hydrogen (secondary N) is 1. The molecule has 114 valence electrons. The molecular weight excluding hydrogens is 271 g/mol. The van der Waals surface area contributed by atoms with Gasteiger partial charge in [-0.3, -0.25) is 4.79 Å². The van der Waals surface area contributed by atoms with Crippen molar-refractivity contribution in [2.45, 2.75) is 25.3 Å². The summed E-state index contributed by atoms with van der Waals surface area (Å²) in [5, 5.41) is 2.92. The van der Waals surface area contributed by atoms with Crippen molar-refractivity contribution in [2.24, 2.45) is 23.5 Å². The standard InChI is InChI=1S/C16H21FN2O2/c17-6-7-21-13-3-1-2-12(9-13)19-16(20)14-10-4-5-11(8-10)15(14)18/h1-3,9-11,14-15H,4-8,18H2,(H,19,20). The molecular formula is C16H21FN2O2. The molecule has 4 atom stereocenters. The van der Waals surface area contributed by atoms with Gasteiger partial charge in [-0.05, 0) is 43.2 Å². The van der Waals surface area contributed by atoms with Crippen LogP contribution in [0.5, 0.6) is 5.75 Å². The van der Waals surface area contributed by atoms with Crippen LogP contribution in [-0.4, -0.2) is 25.2 Å². The van der Waals surface area contributed by atoms with Gasteiger partial charge >= 0.3 is 0 Å². The van der Waals surface area contributed by atoms with Gasteiger partial charge in [-0.25, -0.2) is 4.39 Å². The van der Waals surface area contributed by atoms with Crippen LogP contribution in [0.1, 0.15) is 19.3 Å². The number of ether oxygens (including phenoxy) is 1. The quantitative estimate of drug-likeness (QED) is 0.875. The first-order chi connectivity index (χ1) is 10.2. The maximum atomic E-state index is 12.4. The van der Waals surface area contributed by atoms with Crippen molar-refractivity contribution in [1.29, 1.82) is 0 Å². The van der Waals surface area contributed by atoms with Gasteiger partial charge in [-0.2, -0.15) is 0 Å². The Kier molecular flexibility index (Phi) is 4.10. The summed E-state index contributed by atoms with van der Waals surface area (Å²) in [5.41, 5.74) is 6.86. The zero-order valence-corrected chi connectivity index (χ0v) is 11.9. The van der Waals surface area contributed by atoms with Crippen LogP contribution in [0.3, 0.4) is 0 Å². The molecule has 5 heteroatoms. The van der Waals surface area contributed by atoms with E-state index in [1.807, 2.05) is 0 Å². The van der Waals surface area contributed by atoms with Gasteiger partial charge in [-0.15, -0.1) is 0 Å². The minimum absolute atomic E-state index is 0.00246. The van der Waals surface area contributed by atoms with Gasteiger partial charge in [0.25, 0.3) is 0 Å². The van der Waals surface area contributed by atoms with Crippen LogP contribution >= 0.6 is 0 Å². The van der Waals surface area contributed by atoms with E-state index in [0.29, 0.717) is 23.3 Å². The van der Waals surface area contributed by atoms with Gasteiger partial charge < -0.3 is 15.8 Å². The van der Waals surface area contributed by atoms with E-state index in [9.17, 15) is 9.18 Å². The van der Waals surface area contributed by atoms with Gasteiger partial charge in [0.15, 0.2) is 0 Å². The molecule has 3 rings (SSSR count). The monoisotopic (exact) mass is 292 g/mol. The Morgan fingerprint density at radius 2 is 2.19 bits per heavy atom. The number of amides is 1. The van der Waals surface area contributed by atoms with Crippen molar-refractivity contribution < 1.29 is 13.9 Å². The molecule has 2 saturated carbocycles. The molecule has 0 aliphatic heterocycles. The maximum absolute atomic E-state index is 12.4. The van der Waals surface area contributed by atoms with Crippen LogP contribution in [0.25, 0.3) is 0 Å². The Balaban J connectivity index is 1.65. The van der Waals surface area contributed by atoms with Crippen molar-refractivity contribution >= 4 is 11.6 Å². The lowest BCUT2D eigenvalue weighted by Crippen LogP contribution is -2.42. The van der Waals surface area contributed by atoms with E-state index in [1.54, 1.807) is 24.3 Å². The molecule has 1 aromatic rings. The second-order valence-electron chi connectivity index (χ2n) is 5.99. The molecule has 0 aromatic heterocycles. The van der Waals surface area contributed by atoms with Gasteiger partial charge in [0, 0.05) is 17.8 Å². The van der Waals surface area contributed by atoms with Crippen molar-refractivity contribution in [3.05, 3.63) is 24.3 Å². The molecule has 1 aromatic carbocycles. The molecule has 0 spiro atoms. The summed E-state index contributed by atoms with van der Waals surface area (Å²) in [7, 11) is 0. The first-order valence-electron chi connectivity index (χ1n) is 7.54. The number of nitrogens with two attached hydrogens (primary N) is 1. The summed E-state index contributed by atoms with van der Waals surface area (Å²) in [6.07, 6.45) is 3.34. The smallest absolute Gasteiger partial charge is 0.229 e. The van der Waals surface area contributed by atoms with E-state index in [0.717, 1.165) is 19.3 Å². The second kappa shape index (κ2) is 6.02. The van der Waals surface area contributed by atoms with Gasteiger partial charge in [0.2, 0.25) is 5.91 Å². The molecule has 21 heavy (non-hydrogen) atoms. The van der Waals surface area contributed by atoms with Crippen LogP contribution < -0.4 is 15.8 Å².